The Hall–Kier alpha value is -2.24. The second-order valence-electron chi connectivity index (χ2n) is 5.85. The summed E-state index contributed by atoms with van der Waals surface area (Å²) in [4.78, 5) is 14.7. The van der Waals surface area contributed by atoms with Crippen LogP contribution in [0, 0.1) is 0 Å². The van der Waals surface area contributed by atoms with E-state index in [1.807, 2.05) is 18.2 Å². The fraction of sp³-hybridized carbons (Fsp3) is 0.350. The molecular weight excluding hydrogens is 350 g/mol. The summed E-state index contributed by atoms with van der Waals surface area (Å²) < 4.78 is 5.34. The van der Waals surface area contributed by atoms with Gasteiger partial charge in [-0.1, -0.05) is 26.0 Å². The van der Waals surface area contributed by atoms with E-state index >= 15 is 0 Å². The maximum atomic E-state index is 12.4. The van der Waals surface area contributed by atoms with Crippen molar-refractivity contribution in [2.24, 2.45) is 0 Å². The average molecular weight is 378 g/mol. The third-order valence-electron chi connectivity index (χ3n) is 4.36. The molecule has 6 heteroatoms. The van der Waals surface area contributed by atoms with Crippen LogP contribution in [0.5, 0.6) is 5.75 Å². The summed E-state index contributed by atoms with van der Waals surface area (Å²) in [5.41, 5.74) is 8.06. The number of nitrogens with zero attached hydrogens (tertiary/aromatic N) is 1. The topological polar surface area (TPSA) is 67.6 Å². The number of anilines is 1. The quantitative estimate of drug-likeness (QED) is 0.691. The first-order valence-corrected chi connectivity index (χ1v) is 8.60. The van der Waals surface area contributed by atoms with Crippen LogP contribution in [0.25, 0.3) is 0 Å². The fourth-order valence-electron chi connectivity index (χ4n) is 2.90. The lowest BCUT2D eigenvalue weighted by atomic mass is 10.0. The number of nitrogen functional groups attached to an aromatic ring is 1. The molecule has 26 heavy (non-hydrogen) atoms. The molecule has 1 amide bonds. The Kier molecular flexibility index (Phi) is 8.96. The third kappa shape index (κ3) is 5.64. The molecule has 0 aliphatic carbocycles. The molecule has 2 aromatic rings. The van der Waals surface area contributed by atoms with Gasteiger partial charge in [0.15, 0.2) is 0 Å². The minimum atomic E-state index is -0.0972. The highest BCUT2D eigenvalue weighted by Gasteiger charge is 2.19. The number of nitrogens with one attached hydrogen (secondary N) is 1. The van der Waals surface area contributed by atoms with Gasteiger partial charge in [-0.25, -0.2) is 0 Å². The maximum Gasteiger partial charge on any atom is 0.251 e. The number of likely N-dealkylation sites (N-methyl/N-ethyl adjacent to an activating group) is 1. The van der Waals surface area contributed by atoms with Gasteiger partial charge in [-0.15, -0.1) is 12.4 Å². The van der Waals surface area contributed by atoms with Crippen LogP contribution in [0.15, 0.2) is 48.5 Å². The summed E-state index contributed by atoms with van der Waals surface area (Å²) in [5.74, 6) is 0.722. The first-order chi connectivity index (χ1) is 12.1. The molecule has 3 N–H and O–H groups in total. The lowest BCUT2D eigenvalue weighted by Gasteiger charge is -2.30. The van der Waals surface area contributed by atoms with Crippen molar-refractivity contribution in [3.8, 4) is 5.75 Å². The molecule has 5 nitrogen and oxygen atoms in total. The van der Waals surface area contributed by atoms with E-state index in [9.17, 15) is 4.79 Å². The average Bonchev–Trinajstić information content (AvgIpc) is 2.65. The van der Waals surface area contributed by atoms with Gasteiger partial charge >= 0.3 is 0 Å². The van der Waals surface area contributed by atoms with Crippen molar-refractivity contribution in [2.75, 3.05) is 32.5 Å². The summed E-state index contributed by atoms with van der Waals surface area (Å²) in [7, 11) is 1.66. The largest absolute Gasteiger partial charge is 0.497 e. The Morgan fingerprint density at radius 1 is 1.15 bits per heavy atom. The van der Waals surface area contributed by atoms with Gasteiger partial charge in [0.2, 0.25) is 0 Å². The monoisotopic (exact) mass is 377 g/mol. The van der Waals surface area contributed by atoms with E-state index in [1.165, 1.54) is 0 Å². The van der Waals surface area contributed by atoms with Gasteiger partial charge in [0.25, 0.3) is 5.91 Å². The summed E-state index contributed by atoms with van der Waals surface area (Å²) in [5, 5.41) is 3.04. The van der Waals surface area contributed by atoms with Crippen LogP contribution in [0.1, 0.15) is 35.8 Å². The zero-order valence-electron chi connectivity index (χ0n) is 15.6. The van der Waals surface area contributed by atoms with E-state index in [4.69, 9.17) is 10.5 Å². The number of benzene rings is 2. The van der Waals surface area contributed by atoms with E-state index in [1.54, 1.807) is 31.4 Å². The van der Waals surface area contributed by atoms with Gasteiger partial charge in [0.05, 0.1) is 13.2 Å². The Bertz CT molecular complexity index is 688. The molecule has 0 spiro atoms. The number of halogens is 1. The highest BCUT2D eigenvalue weighted by molar-refractivity contribution is 5.94. The summed E-state index contributed by atoms with van der Waals surface area (Å²) in [6.45, 7) is 6.57. The Labute approximate surface area is 161 Å². The smallest absolute Gasteiger partial charge is 0.251 e. The molecule has 0 aliphatic heterocycles. The summed E-state index contributed by atoms with van der Waals surface area (Å²) >= 11 is 0. The SMILES string of the molecule is CCN(CC)C(CNC(=O)c1ccc(N)cc1)c1cccc(OC)c1.Cl. The van der Waals surface area contributed by atoms with Crippen LogP contribution >= 0.6 is 12.4 Å². The molecule has 0 bridgehead atoms. The van der Waals surface area contributed by atoms with E-state index in [-0.39, 0.29) is 24.4 Å². The first-order valence-electron chi connectivity index (χ1n) is 8.60. The fourth-order valence-corrected chi connectivity index (χ4v) is 2.90. The number of amides is 1. The van der Waals surface area contributed by atoms with Crippen molar-refractivity contribution in [2.45, 2.75) is 19.9 Å². The molecule has 0 fully saturated rings. The van der Waals surface area contributed by atoms with Gasteiger partial charge in [0.1, 0.15) is 5.75 Å². The van der Waals surface area contributed by atoms with E-state index in [0.29, 0.717) is 17.8 Å². The zero-order valence-corrected chi connectivity index (χ0v) is 16.4. The number of carbonyl (C=O) groups excluding carboxylic acids is 1. The molecule has 1 unspecified atom stereocenters. The van der Waals surface area contributed by atoms with Crippen molar-refractivity contribution in [1.29, 1.82) is 0 Å². The van der Waals surface area contributed by atoms with Gasteiger partial charge in [-0.05, 0) is 55.1 Å². The lowest BCUT2D eigenvalue weighted by Crippen LogP contribution is -2.38. The van der Waals surface area contributed by atoms with E-state index in [2.05, 4.69) is 30.1 Å². The molecule has 0 saturated heterocycles. The van der Waals surface area contributed by atoms with Crippen molar-refractivity contribution in [1.82, 2.24) is 10.2 Å². The predicted octanol–water partition coefficient (Wildman–Crippen LogP) is 3.51. The van der Waals surface area contributed by atoms with Crippen LogP contribution in [-0.4, -0.2) is 37.6 Å². The molecular formula is C20H28ClN3O2. The Morgan fingerprint density at radius 2 is 1.81 bits per heavy atom. The number of methoxy groups -OCH3 is 1. The molecule has 0 aliphatic rings. The van der Waals surface area contributed by atoms with E-state index < -0.39 is 0 Å². The molecule has 2 rings (SSSR count). The van der Waals surface area contributed by atoms with Crippen molar-refractivity contribution >= 4 is 24.0 Å². The molecule has 2 aromatic carbocycles. The maximum absolute atomic E-state index is 12.4. The van der Waals surface area contributed by atoms with Crippen molar-refractivity contribution in [3.63, 3.8) is 0 Å². The number of carbonyl (C=O) groups is 1. The van der Waals surface area contributed by atoms with Crippen molar-refractivity contribution < 1.29 is 9.53 Å². The summed E-state index contributed by atoms with van der Waals surface area (Å²) in [6.07, 6.45) is 0. The second-order valence-corrected chi connectivity index (χ2v) is 5.85. The minimum absolute atomic E-state index is 0. The van der Waals surface area contributed by atoms with Crippen LogP contribution < -0.4 is 15.8 Å². The van der Waals surface area contributed by atoms with Gasteiger partial charge < -0.3 is 15.8 Å². The van der Waals surface area contributed by atoms with Crippen LogP contribution in [0.2, 0.25) is 0 Å². The summed E-state index contributed by atoms with van der Waals surface area (Å²) in [6, 6.07) is 15.0. The van der Waals surface area contributed by atoms with Crippen LogP contribution in [-0.2, 0) is 0 Å². The number of rotatable bonds is 8. The number of hydrogen-bond acceptors (Lipinski definition) is 4. The predicted molar refractivity (Wildman–Crippen MR) is 109 cm³/mol. The molecule has 0 aromatic heterocycles. The number of nitrogens with two attached hydrogens (primary N) is 1. The minimum Gasteiger partial charge on any atom is -0.497 e. The third-order valence-corrected chi connectivity index (χ3v) is 4.36. The molecule has 0 heterocycles. The molecule has 0 radical (unpaired) electrons. The Morgan fingerprint density at radius 3 is 2.38 bits per heavy atom. The van der Waals surface area contributed by atoms with Gasteiger partial charge in [-0.2, -0.15) is 0 Å². The van der Waals surface area contributed by atoms with Crippen LogP contribution in [0.4, 0.5) is 5.69 Å². The number of ether oxygens (including phenoxy) is 1. The highest BCUT2D eigenvalue weighted by atomic mass is 35.5. The molecule has 142 valence electrons. The number of hydrogen-bond donors (Lipinski definition) is 2. The van der Waals surface area contributed by atoms with Crippen molar-refractivity contribution in [3.05, 3.63) is 59.7 Å². The van der Waals surface area contributed by atoms with E-state index in [0.717, 1.165) is 24.4 Å². The zero-order chi connectivity index (χ0) is 18.2. The molecule has 1 atom stereocenters. The van der Waals surface area contributed by atoms with Gasteiger partial charge in [-0.3, -0.25) is 9.69 Å². The van der Waals surface area contributed by atoms with Crippen LogP contribution in [0.3, 0.4) is 0 Å². The lowest BCUT2D eigenvalue weighted by molar-refractivity contribution is 0.0935. The Balaban J connectivity index is 0.00000338. The second kappa shape index (κ2) is 10.7. The first kappa shape index (κ1) is 21.8. The van der Waals surface area contributed by atoms with Gasteiger partial charge in [0, 0.05) is 17.8 Å². The highest BCUT2D eigenvalue weighted by Crippen LogP contribution is 2.24. The normalized spacial score (nSPS) is 11.5. The molecule has 0 saturated carbocycles. The standard InChI is InChI=1S/C20H27N3O2.ClH/c1-4-23(5-2)19(16-7-6-8-18(13-16)25-3)14-22-20(24)15-9-11-17(21)12-10-15;/h6-13,19H,4-5,14,21H2,1-3H3,(H,22,24);1H.